The zero-order valence-corrected chi connectivity index (χ0v) is 18.4. The molecular weight excluding hydrogens is 448 g/mol. The lowest BCUT2D eigenvalue weighted by molar-refractivity contribution is -0.142. The molecule has 0 fully saturated rings. The normalized spacial score (nSPS) is 14.3. The number of hydrogen-bond donors (Lipinski definition) is 8. The summed E-state index contributed by atoms with van der Waals surface area (Å²) < 4.78 is 0. The molecule has 4 atom stereocenters. The molecule has 0 bridgehead atoms. The molecule has 0 aliphatic carbocycles. The number of carboxylic acid groups (broad SMARTS) is 1. The lowest BCUT2D eigenvalue weighted by Crippen LogP contribution is -2.55. The van der Waals surface area contributed by atoms with Crippen LogP contribution in [0.3, 0.4) is 0 Å². The summed E-state index contributed by atoms with van der Waals surface area (Å²) >= 11 is 0. The molecule has 3 amide bonds. The highest BCUT2D eigenvalue weighted by Crippen LogP contribution is 2.12. The maximum Gasteiger partial charge on any atom is 0.326 e. The molecule has 184 valence electrons. The lowest BCUT2D eigenvalue weighted by atomic mass is 10.0. The molecule has 9 N–H and O–H groups in total. The van der Waals surface area contributed by atoms with Crippen molar-refractivity contribution in [3.05, 3.63) is 48.0 Å². The Morgan fingerprint density at radius 2 is 1.74 bits per heavy atom. The number of phenolic OH excluding ortho intramolecular Hbond substituents is 1. The van der Waals surface area contributed by atoms with Crippen LogP contribution in [0.2, 0.25) is 0 Å². The number of aromatic amines is 1. The third-order valence-corrected chi connectivity index (χ3v) is 4.87. The van der Waals surface area contributed by atoms with E-state index in [0.717, 1.165) is 0 Å². The van der Waals surface area contributed by atoms with Gasteiger partial charge in [-0.05, 0) is 24.6 Å². The molecule has 0 saturated heterocycles. The lowest BCUT2D eigenvalue weighted by Gasteiger charge is -2.22. The van der Waals surface area contributed by atoms with Gasteiger partial charge in [-0.2, -0.15) is 0 Å². The Hall–Kier alpha value is -3.97. The van der Waals surface area contributed by atoms with Gasteiger partial charge < -0.3 is 42.0 Å². The topological polar surface area (TPSA) is 220 Å². The number of aromatic nitrogens is 2. The first-order chi connectivity index (χ1) is 16.1. The van der Waals surface area contributed by atoms with Crippen LogP contribution in [0.1, 0.15) is 18.2 Å². The predicted molar refractivity (Wildman–Crippen MR) is 118 cm³/mol. The Morgan fingerprint density at radius 1 is 1.06 bits per heavy atom. The van der Waals surface area contributed by atoms with E-state index in [1.165, 1.54) is 31.6 Å². The number of aliphatic carboxylic acids is 1. The van der Waals surface area contributed by atoms with Gasteiger partial charge >= 0.3 is 5.97 Å². The summed E-state index contributed by atoms with van der Waals surface area (Å²) in [7, 11) is 0. The number of carboxylic acids is 1. The van der Waals surface area contributed by atoms with Gasteiger partial charge in [-0.3, -0.25) is 14.4 Å². The van der Waals surface area contributed by atoms with E-state index in [4.69, 9.17) is 5.73 Å². The van der Waals surface area contributed by atoms with Crippen LogP contribution in [-0.4, -0.2) is 79.8 Å². The zero-order valence-electron chi connectivity index (χ0n) is 18.4. The van der Waals surface area contributed by atoms with Crippen molar-refractivity contribution in [1.29, 1.82) is 0 Å². The van der Waals surface area contributed by atoms with Gasteiger partial charge in [0.2, 0.25) is 17.7 Å². The number of aliphatic hydroxyl groups excluding tert-OH is 1. The van der Waals surface area contributed by atoms with Crippen LogP contribution in [-0.2, 0) is 32.0 Å². The SMILES string of the molecule is CC(O)C(N)C(=O)NCC(=O)NC(Cc1ccc(O)cc1)C(=O)NC(Cc1cnc[nH]1)C(=O)O. The molecule has 4 unspecified atom stereocenters. The number of aliphatic hydroxyl groups is 1. The number of amides is 3. The van der Waals surface area contributed by atoms with Gasteiger partial charge in [-0.25, -0.2) is 9.78 Å². The highest BCUT2D eigenvalue weighted by Gasteiger charge is 2.28. The highest BCUT2D eigenvalue weighted by atomic mass is 16.4. The van der Waals surface area contributed by atoms with E-state index in [0.29, 0.717) is 11.3 Å². The number of aromatic hydroxyl groups is 1. The van der Waals surface area contributed by atoms with Gasteiger partial charge in [0, 0.05) is 24.7 Å². The van der Waals surface area contributed by atoms with Crippen molar-refractivity contribution in [3.8, 4) is 5.75 Å². The number of hydrogen-bond acceptors (Lipinski definition) is 8. The van der Waals surface area contributed by atoms with Crippen molar-refractivity contribution in [2.75, 3.05) is 6.54 Å². The van der Waals surface area contributed by atoms with Crippen molar-refractivity contribution in [2.24, 2.45) is 5.73 Å². The van der Waals surface area contributed by atoms with Crippen LogP contribution >= 0.6 is 0 Å². The van der Waals surface area contributed by atoms with Crippen molar-refractivity contribution >= 4 is 23.7 Å². The number of nitrogens with one attached hydrogen (secondary N) is 4. The van der Waals surface area contributed by atoms with Crippen molar-refractivity contribution in [1.82, 2.24) is 25.9 Å². The van der Waals surface area contributed by atoms with Crippen LogP contribution in [0.5, 0.6) is 5.75 Å². The average molecular weight is 476 g/mol. The molecule has 1 aromatic heterocycles. The van der Waals surface area contributed by atoms with Crippen molar-refractivity contribution < 1.29 is 34.5 Å². The Morgan fingerprint density at radius 3 is 2.29 bits per heavy atom. The van der Waals surface area contributed by atoms with Gasteiger partial charge in [-0.15, -0.1) is 0 Å². The third kappa shape index (κ3) is 8.18. The fourth-order valence-electron chi connectivity index (χ4n) is 2.92. The van der Waals surface area contributed by atoms with E-state index < -0.39 is 54.5 Å². The Balaban J connectivity index is 2.10. The largest absolute Gasteiger partial charge is 0.508 e. The molecule has 0 aliphatic rings. The second-order valence-electron chi connectivity index (χ2n) is 7.66. The molecule has 1 aromatic carbocycles. The summed E-state index contributed by atoms with van der Waals surface area (Å²) in [6.45, 7) is 0.805. The van der Waals surface area contributed by atoms with Crippen LogP contribution < -0.4 is 21.7 Å². The average Bonchev–Trinajstić information content (AvgIpc) is 3.30. The Bertz CT molecular complexity index is 978. The van der Waals surface area contributed by atoms with Crippen LogP contribution in [0, 0.1) is 0 Å². The van der Waals surface area contributed by atoms with E-state index in [-0.39, 0.29) is 18.6 Å². The number of carbonyl (C=O) groups excluding carboxylic acids is 3. The molecule has 0 aliphatic heterocycles. The van der Waals surface area contributed by atoms with Gasteiger partial charge in [0.05, 0.1) is 19.0 Å². The number of benzene rings is 1. The van der Waals surface area contributed by atoms with Crippen LogP contribution in [0.4, 0.5) is 0 Å². The molecular formula is C21H28N6O7. The minimum atomic E-state index is -1.30. The molecule has 34 heavy (non-hydrogen) atoms. The van der Waals surface area contributed by atoms with Gasteiger partial charge in [-0.1, -0.05) is 12.1 Å². The summed E-state index contributed by atoms with van der Waals surface area (Å²) in [5.74, 6) is -3.52. The number of phenols is 1. The number of rotatable bonds is 12. The fourth-order valence-corrected chi connectivity index (χ4v) is 2.92. The van der Waals surface area contributed by atoms with Crippen LogP contribution in [0.25, 0.3) is 0 Å². The van der Waals surface area contributed by atoms with E-state index in [9.17, 15) is 34.5 Å². The first-order valence-corrected chi connectivity index (χ1v) is 10.4. The van der Waals surface area contributed by atoms with E-state index in [2.05, 4.69) is 25.9 Å². The first-order valence-electron chi connectivity index (χ1n) is 10.4. The molecule has 13 nitrogen and oxygen atoms in total. The first kappa shape index (κ1) is 26.3. The summed E-state index contributed by atoms with van der Waals surface area (Å²) in [5, 5.41) is 35.5. The maximum absolute atomic E-state index is 12.9. The van der Waals surface area contributed by atoms with Crippen molar-refractivity contribution in [3.63, 3.8) is 0 Å². The summed E-state index contributed by atoms with van der Waals surface area (Å²) in [6, 6.07) is 2.18. The fraction of sp³-hybridized carbons (Fsp3) is 0.381. The summed E-state index contributed by atoms with van der Waals surface area (Å²) in [4.78, 5) is 55.4. The number of H-pyrrole nitrogens is 1. The second kappa shape index (κ2) is 12.3. The summed E-state index contributed by atoms with van der Waals surface area (Å²) in [5.41, 5.74) is 6.58. The molecule has 13 heteroatoms. The van der Waals surface area contributed by atoms with E-state index >= 15 is 0 Å². The molecule has 0 radical (unpaired) electrons. The molecule has 0 spiro atoms. The number of imidazole rings is 1. The van der Waals surface area contributed by atoms with Crippen LogP contribution in [0.15, 0.2) is 36.8 Å². The second-order valence-corrected chi connectivity index (χ2v) is 7.66. The quantitative estimate of drug-likeness (QED) is 0.166. The van der Waals surface area contributed by atoms with Gasteiger partial charge in [0.25, 0.3) is 0 Å². The van der Waals surface area contributed by atoms with E-state index in [1.54, 1.807) is 12.1 Å². The summed E-state index contributed by atoms with van der Waals surface area (Å²) in [6.07, 6.45) is 1.60. The van der Waals surface area contributed by atoms with Crippen molar-refractivity contribution in [2.45, 2.75) is 44.0 Å². The zero-order chi connectivity index (χ0) is 25.3. The van der Waals surface area contributed by atoms with E-state index in [1.807, 2.05) is 0 Å². The molecule has 0 saturated carbocycles. The predicted octanol–water partition coefficient (Wildman–Crippen LogP) is -2.22. The minimum Gasteiger partial charge on any atom is -0.508 e. The minimum absolute atomic E-state index is 0.0106. The monoisotopic (exact) mass is 476 g/mol. The standard InChI is InChI=1S/C21H28N6O7/c1-11(28)18(22)20(32)24-9-17(30)26-15(6-12-2-4-14(29)5-3-12)19(31)27-16(21(33)34)7-13-8-23-10-25-13/h2-5,8,10-11,15-16,18,28-29H,6-7,9,22H2,1H3,(H,23,25)(H,24,32)(H,26,30)(H,27,31)(H,33,34). The van der Waals surface area contributed by atoms with Gasteiger partial charge in [0.15, 0.2) is 0 Å². The highest BCUT2D eigenvalue weighted by molar-refractivity contribution is 5.92. The molecule has 2 rings (SSSR count). The molecule has 2 aromatic rings. The smallest absolute Gasteiger partial charge is 0.326 e. The maximum atomic E-state index is 12.9. The number of nitrogens with zero attached hydrogens (tertiary/aromatic N) is 1. The Kier molecular flexibility index (Phi) is 9.52. The molecule has 1 heterocycles. The number of carbonyl (C=O) groups is 4. The number of nitrogens with two attached hydrogens (primary N) is 1. The third-order valence-electron chi connectivity index (χ3n) is 4.87. The van der Waals surface area contributed by atoms with Gasteiger partial charge in [0.1, 0.15) is 23.9 Å². The Labute approximate surface area is 194 Å².